The van der Waals surface area contributed by atoms with E-state index in [-0.39, 0.29) is 17.7 Å². The van der Waals surface area contributed by atoms with E-state index < -0.39 is 24.5 Å². The summed E-state index contributed by atoms with van der Waals surface area (Å²) in [7, 11) is -6.07. The van der Waals surface area contributed by atoms with Crippen LogP contribution in [0.2, 0.25) is 5.04 Å². The molecule has 0 amide bonds. The average Bonchev–Trinajstić information content (AvgIpc) is 2.69. The van der Waals surface area contributed by atoms with Crippen molar-refractivity contribution in [3.05, 3.63) is 60.7 Å². The summed E-state index contributed by atoms with van der Waals surface area (Å²) in [5.41, 5.74) is 0. The summed E-state index contributed by atoms with van der Waals surface area (Å²) in [6.07, 6.45) is 1.93. The highest BCUT2D eigenvalue weighted by Gasteiger charge is 2.50. The number of benzene rings is 2. The van der Waals surface area contributed by atoms with E-state index in [1.54, 1.807) is 0 Å². The van der Waals surface area contributed by atoms with Gasteiger partial charge in [0, 0.05) is 0 Å². The maximum absolute atomic E-state index is 11.4. The zero-order valence-corrected chi connectivity index (χ0v) is 20.0. The van der Waals surface area contributed by atoms with Gasteiger partial charge in [-0.15, -0.1) is 0 Å². The Morgan fingerprint density at radius 1 is 0.967 bits per heavy atom. The summed E-state index contributed by atoms with van der Waals surface area (Å²) >= 11 is 0. The predicted molar refractivity (Wildman–Crippen MR) is 122 cm³/mol. The molecule has 30 heavy (non-hydrogen) atoms. The first-order chi connectivity index (χ1) is 14.1. The topological polar surface area (TPSA) is 61.8 Å². The molecule has 2 atom stereocenters. The zero-order chi connectivity index (χ0) is 21.8. The molecule has 7 heteroatoms. The highest BCUT2D eigenvalue weighted by molar-refractivity contribution is 7.86. The van der Waals surface area contributed by atoms with Crippen LogP contribution in [-0.2, 0) is 23.5 Å². The second kappa shape index (κ2) is 9.32. The van der Waals surface area contributed by atoms with Gasteiger partial charge in [-0.3, -0.25) is 4.18 Å². The Morgan fingerprint density at radius 2 is 1.50 bits per heavy atom. The molecule has 0 aliphatic carbocycles. The molecule has 2 aromatic rings. The van der Waals surface area contributed by atoms with Gasteiger partial charge >= 0.3 is 0 Å². The summed E-state index contributed by atoms with van der Waals surface area (Å²) in [5.74, 6) is 0. The molecular formula is C23H32O5SSi. The molecule has 1 aliphatic rings. The van der Waals surface area contributed by atoms with Crippen molar-refractivity contribution in [2.24, 2.45) is 0 Å². The molecule has 0 bridgehead atoms. The number of hydrogen-bond donors (Lipinski definition) is 0. The van der Waals surface area contributed by atoms with Crippen molar-refractivity contribution in [3.63, 3.8) is 0 Å². The number of hydrogen-bond acceptors (Lipinski definition) is 5. The van der Waals surface area contributed by atoms with Crippen molar-refractivity contribution >= 4 is 28.8 Å². The fourth-order valence-corrected chi connectivity index (χ4v) is 9.45. The monoisotopic (exact) mass is 448 g/mol. The highest BCUT2D eigenvalue weighted by atomic mass is 32.2. The lowest BCUT2D eigenvalue weighted by Gasteiger charge is -2.44. The Labute approximate surface area is 181 Å². The molecule has 2 aromatic carbocycles. The summed E-state index contributed by atoms with van der Waals surface area (Å²) < 4.78 is 40.6. The first-order valence-electron chi connectivity index (χ1n) is 10.4. The van der Waals surface area contributed by atoms with Crippen molar-refractivity contribution in [1.82, 2.24) is 0 Å². The number of ether oxygens (including phenoxy) is 1. The van der Waals surface area contributed by atoms with Gasteiger partial charge in [0.25, 0.3) is 18.4 Å². The minimum absolute atomic E-state index is 0.0777. The van der Waals surface area contributed by atoms with Crippen LogP contribution >= 0.6 is 0 Å². The summed E-state index contributed by atoms with van der Waals surface area (Å²) in [6.45, 7) is 7.48. The Bertz CT molecular complexity index is 862. The normalized spacial score (nSPS) is 20.8. The van der Waals surface area contributed by atoms with Crippen molar-refractivity contribution in [3.8, 4) is 0 Å². The van der Waals surface area contributed by atoms with Crippen LogP contribution in [-0.4, -0.2) is 48.4 Å². The van der Waals surface area contributed by atoms with E-state index in [2.05, 4.69) is 69.3 Å². The largest absolute Gasteiger partial charge is 0.405 e. The van der Waals surface area contributed by atoms with Gasteiger partial charge in [0.1, 0.15) is 6.10 Å². The van der Waals surface area contributed by atoms with E-state index in [4.69, 9.17) is 13.3 Å². The van der Waals surface area contributed by atoms with E-state index in [1.807, 2.05) is 12.1 Å². The molecule has 0 N–H and O–H groups in total. The standard InChI is InChI=1S/C23H32O5SSi/c1-23(2,3)30(21-11-7-5-8-12-21,22-13-9-6-10-14-22)27-18-19-15-16-20(17-26-19)28-29(4,24)25/h5-14,19-20H,15-18H2,1-4H3/t19-,20+/m1/s1. The van der Waals surface area contributed by atoms with Gasteiger partial charge in [-0.2, -0.15) is 8.42 Å². The highest BCUT2D eigenvalue weighted by Crippen LogP contribution is 2.37. The third-order valence-corrected chi connectivity index (χ3v) is 11.2. The molecule has 0 saturated carbocycles. The molecule has 0 unspecified atom stereocenters. The van der Waals surface area contributed by atoms with Crippen LogP contribution in [0.3, 0.4) is 0 Å². The molecule has 0 aromatic heterocycles. The molecule has 0 radical (unpaired) electrons. The minimum Gasteiger partial charge on any atom is -0.405 e. The Balaban J connectivity index is 1.83. The maximum atomic E-state index is 11.4. The van der Waals surface area contributed by atoms with Gasteiger partial charge in [-0.25, -0.2) is 0 Å². The van der Waals surface area contributed by atoms with E-state index >= 15 is 0 Å². The first kappa shape index (κ1) is 23.2. The smallest absolute Gasteiger partial charge is 0.264 e. The lowest BCUT2D eigenvalue weighted by molar-refractivity contribution is -0.0610. The van der Waals surface area contributed by atoms with Crippen LogP contribution in [0.25, 0.3) is 0 Å². The van der Waals surface area contributed by atoms with Crippen molar-refractivity contribution in [1.29, 1.82) is 0 Å². The van der Waals surface area contributed by atoms with Crippen LogP contribution in [0.1, 0.15) is 33.6 Å². The molecule has 0 spiro atoms. The van der Waals surface area contributed by atoms with Crippen LogP contribution in [0.4, 0.5) is 0 Å². The van der Waals surface area contributed by atoms with Crippen molar-refractivity contribution < 1.29 is 21.8 Å². The second-order valence-electron chi connectivity index (χ2n) is 8.93. The summed E-state index contributed by atoms with van der Waals surface area (Å²) in [5, 5.41) is 2.38. The Hall–Kier alpha value is -1.51. The van der Waals surface area contributed by atoms with Crippen LogP contribution in [0, 0.1) is 0 Å². The molecular weight excluding hydrogens is 416 g/mol. The lowest BCUT2D eigenvalue weighted by atomic mass is 10.1. The van der Waals surface area contributed by atoms with E-state index in [0.717, 1.165) is 6.26 Å². The van der Waals surface area contributed by atoms with Crippen molar-refractivity contribution in [2.75, 3.05) is 19.5 Å². The van der Waals surface area contributed by atoms with E-state index in [9.17, 15) is 8.42 Å². The Morgan fingerprint density at radius 3 is 1.90 bits per heavy atom. The molecule has 3 rings (SSSR count). The zero-order valence-electron chi connectivity index (χ0n) is 18.2. The first-order valence-corrected chi connectivity index (χ1v) is 14.1. The van der Waals surface area contributed by atoms with Gasteiger partial charge in [-0.05, 0) is 28.3 Å². The molecule has 164 valence electrons. The SMILES string of the molecule is CC(C)(C)[Si](OC[C@H]1CC[C@H](OS(C)(=O)=O)CO1)(c1ccccc1)c1ccccc1. The second-order valence-corrected chi connectivity index (χ2v) is 14.8. The van der Waals surface area contributed by atoms with E-state index in [1.165, 1.54) is 10.4 Å². The van der Waals surface area contributed by atoms with Gasteiger partial charge < -0.3 is 9.16 Å². The van der Waals surface area contributed by atoms with Crippen LogP contribution in [0.5, 0.6) is 0 Å². The third-order valence-electron chi connectivity index (χ3n) is 5.54. The molecule has 1 heterocycles. The predicted octanol–water partition coefficient (Wildman–Crippen LogP) is 3.09. The molecule has 1 aliphatic heterocycles. The Kier molecular flexibility index (Phi) is 7.19. The average molecular weight is 449 g/mol. The van der Waals surface area contributed by atoms with Crippen LogP contribution < -0.4 is 10.4 Å². The maximum Gasteiger partial charge on any atom is 0.264 e. The molecule has 1 fully saturated rings. The fraction of sp³-hybridized carbons (Fsp3) is 0.478. The summed E-state index contributed by atoms with van der Waals surface area (Å²) in [6, 6.07) is 21.0. The van der Waals surface area contributed by atoms with Gasteiger partial charge in [0.05, 0.1) is 25.6 Å². The quantitative estimate of drug-likeness (QED) is 0.481. The van der Waals surface area contributed by atoms with Gasteiger partial charge in [0.2, 0.25) is 0 Å². The lowest BCUT2D eigenvalue weighted by Crippen LogP contribution is -2.67. The molecule has 5 nitrogen and oxygen atoms in total. The van der Waals surface area contributed by atoms with E-state index in [0.29, 0.717) is 19.4 Å². The van der Waals surface area contributed by atoms with Crippen molar-refractivity contribution in [2.45, 2.75) is 50.9 Å². The minimum atomic E-state index is -3.47. The fourth-order valence-electron chi connectivity index (χ4n) is 4.22. The molecule has 1 saturated heterocycles. The van der Waals surface area contributed by atoms with Gasteiger partial charge in [0.15, 0.2) is 0 Å². The van der Waals surface area contributed by atoms with Crippen LogP contribution in [0.15, 0.2) is 60.7 Å². The van der Waals surface area contributed by atoms with Gasteiger partial charge in [-0.1, -0.05) is 81.4 Å². The third kappa shape index (κ3) is 5.39. The summed E-state index contributed by atoms with van der Waals surface area (Å²) in [4.78, 5) is 0. The number of rotatable bonds is 7.